The van der Waals surface area contributed by atoms with Crippen molar-refractivity contribution in [3.8, 4) is 0 Å². The van der Waals surface area contributed by atoms with Gasteiger partial charge in [-0.1, -0.05) is 0 Å². The monoisotopic (exact) mass is 148 g/mol. The third-order valence-electron chi connectivity index (χ3n) is 1.34. The van der Waals surface area contributed by atoms with Crippen LogP contribution in [0.2, 0.25) is 0 Å². The molecule has 2 N–H and O–H groups in total. The Balaban J connectivity index is 3.19. The van der Waals surface area contributed by atoms with Crippen LogP contribution in [0.1, 0.15) is 17.4 Å². The smallest absolute Gasteiger partial charge is 0.178 e. The Morgan fingerprint density at radius 2 is 2.27 bits per heavy atom. The molecule has 11 heavy (non-hydrogen) atoms. The van der Waals surface area contributed by atoms with Gasteiger partial charge in [0.25, 0.3) is 0 Å². The molecule has 1 aromatic heterocycles. The maximum absolute atomic E-state index is 10.8. The van der Waals surface area contributed by atoms with E-state index >= 15 is 0 Å². The van der Waals surface area contributed by atoms with Crippen LogP contribution < -0.4 is 11.3 Å². The maximum atomic E-state index is 10.8. The van der Waals surface area contributed by atoms with Crippen LogP contribution in [0.25, 0.3) is 0 Å². The van der Waals surface area contributed by atoms with E-state index in [1.54, 1.807) is 12.1 Å². The minimum absolute atomic E-state index is 0.0552. The van der Waals surface area contributed by atoms with Crippen molar-refractivity contribution in [2.24, 2.45) is 0 Å². The zero-order valence-electron chi connectivity index (χ0n) is 6.59. The number of anilines is 1. The highest BCUT2D eigenvalue weighted by Crippen LogP contribution is 2.00. The SMILES string of the molecule is Bc1cc(N)cc(C(C)=O)n1. The van der Waals surface area contributed by atoms with Crippen molar-refractivity contribution in [2.45, 2.75) is 6.92 Å². The van der Waals surface area contributed by atoms with Gasteiger partial charge in [0.1, 0.15) is 5.69 Å². The number of carbonyl (C=O) groups is 1. The first kappa shape index (κ1) is 7.79. The quantitative estimate of drug-likeness (QED) is 0.415. The summed E-state index contributed by atoms with van der Waals surface area (Å²) in [6.07, 6.45) is 0. The first-order chi connectivity index (χ1) is 5.09. The second kappa shape index (κ2) is 2.74. The number of hydrogen-bond acceptors (Lipinski definition) is 3. The standard InChI is InChI=1S/C7H9BN2O/c1-4(11)6-2-5(9)3-7(8)10-6/h2-3H,8H2,1H3,(H2,9,10). The number of pyridine rings is 1. The maximum Gasteiger partial charge on any atom is 0.178 e. The molecule has 0 aliphatic carbocycles. The summed E-state index contributed by atoms with van der Waals surface area (Å²) < 4.78 is 0. The zero-order valence-corrected chi connectivity index (χ0v) is 6.59. The highest BCUT2D eigenvalue weighted by atomic mass is 16.1. The minimum Gasteiger partial charge on any atom is -0.399 e. The van der Waals surface area contributed by atoms with Crippen LogP contribution in [0.3, 0.4) is 0 Å². The van der Waals surface area contributed by atoms with Gasteiger partial charge in [0.2, 0.25) is 0 Å². The van der Waals surface area contributed by atoms with Crippen molar-refractivity contribution >= 4 is 24.9 Å². The van der Waals surface area contributed by atoms with Crippen molar-refractivity contribution in [2.75, 3.05) is 5.73 Å². The fourth-order valence-electron chi connectivity index (χ4n) is 0.876. The molecule has 0 aromatic carbocycles. The number of hydrogen-bond donors (Lipinski definition) is 1. The van der Waals surface area contributed by atoms with Gasteiger partial charge in [-0.05, 0) is 17.7 Å². The highest BCUT2D eigenvalue weighted by Gasteiger charge is 2.01. The first-order valence-corrected chi connectivity index (χ1v) is 3.34. The molecule has 1 aromatic rings. The number of ketones is 1. The molecule has 0 radical (unpaired) electrons. The van der Waals surface area contributed by atoms with Crippen LogP contribution >= 0.6 is 0 Å². The number of rotatable bonds is 1. The van der Waals surface area contributed by atoms with Crippen LogP contribution in [0.15, 0.2) is 12.1 Å². The molecular weight excluding hydrogens is 139 g/mol. The Hall–Kier alpha value is -1.32. The Bertz CT molecular complexity index is 278. The fourth-order valence-corrected chi connectivity index (χ4v) is 0.876. The van der Waals surface area contributed by atoms with Gasteiger partial charge in [0.15, 0.2) is 13.6 Å². The number of aromatic nitrogens is 1. The molecule has 1 rings (SSSR count). The van der Waals surface area contributed by atoms with Crippen LogP contribution in [0.4, 0.5) is 5.69 Å². The predicted molar refractivity (Wildman–Crippen MR) is 46.8 cm³/mol. The van der Waals surface area contributed by atoms with Gasteiger partial charge >= 0.3 is 0 Å². The Morgan fingerprint density at radius 1 is 1.64 bits per heavy atom. The number of nitrogens with two attached hydrogens (primary N) is 1. The molecule has 0 atom stereocenters. The molecule has 4 heteroatoms. The summed E-state index contributed by atoms with van der Waals surface area (Å²) in [7, 11) is 1.81. The molecule has 0 bridgehead atoms. The summed E-state index contributed by atoms with van der Waals surface area (Å²) >= 11 is 0. The second-order valence-electron chi connectivity index (χ2n) is 2.48. The van der Waals surface area contributed by atoms with E-state index in [2.05, 4.69) is 4.98 Å². The predicted octanol–water partition coefficient (Wildman–Crippen LogP) is -0.875. The van der Waals surface area contributed by atoms with Crippen LogP contribution in [-0.4, -0.2) is 18.6 Å². The van der Waals surface area contributed by atoms with E-state index in [0.717, 1.165) is 5.59 Å². The molecule has 0 saturated carbocycles. The lowest BCUT2D eigenvalue weighted by molar-refractivity contribution is 0.101. The summed E-state index contributed by atoms with van der Waals surface area (Å²) in [6, 6.07) is 3.31. The number of carbonyl (C=O) groups excluding carboxylic acids is 1. The van der Waals surface area contributed by atoms with E-state index in [1.165, 1.54) is 6.92 Å². The summed E-state index contributed by atoms with van der Waals surface area (Å²) in [5.41, 5.74) is 7.30. The molecule has 0 amide bonds. The highest BCUT2D eigenvalue weighted by molar-refractivity contribution is 6.31. The molecule has 56 valence electrons. The number of Topliss-reactive ketones (excluding diaryl/α,β-unsaturated/α-hetero) is 1. The average Bonchev–Trinajstić information content (AvgIpc) is 1.85. The first-order valence-electron chi connectivity index (χ1n) is 3.34. The molecule has 0 aliphatic heterocycles. The molecule has 0 spiro atoms. The van der Waals surface area contributed by atoms with Gasteiger partial charge in [-0.3, -0.25) is 9.78 Å². The normalized spacial score (nSPS) is 9.55. The van der Waals surface area contributed by atoms with E-state index in [0.29, 0.717) is 11.4 Å². The summed E-state index contributed by atoms with van der Waals surface area (Å²) in [5, 5.41) is 0. The topological polar surface area (TPSA) is 56.0 Å². The van der Waals surface area contributed by atoms with Gasteiger partial charge in [-0.2, -0.15) is 0 Å². The number of nitrogens with zero attached hydrogens (tertiary/aromatic N) is 1. The summed E-state index contributed by atoms with van der Waals surface area (Å²) in [6.45, 7) is 1.47. The average molecular weight is 148 g/mol. The number of nitrogen functional groups attached to an aromatic ring is 1. The Labute approximate surface area is 66.0 Å². The van der Waals surface area contributed by atoms with E-state index in [4.69, 9.17) is 5.73 Å². The third-order valence-corrected chi connectivity index (χ3v) is 1.34. The van der Waals surface area contributed by atoms with Crippen LogP contribution in [0.5, 0.6) is 0 Å². The summed E-state index contributed by atoms with van der Waals surface area (Å²) in [5.74, 6) is -0.0552. The van der Waals surface area contributed by atoms with Gasteiger partial charge in [-0.15, -0.1) is 0 Å². The second-order valence-corrected chi connectivity index (χ2v) is 2.48. The van der Waals surface area contributed by atoms with Crippen molar-refractivity contribution < 1.29 is 4.79 Å². The Morgan fingerprint density at radius 3 is 2.73 bits per heavy atom. The van der Waals surface area contributed by atoms with Gasteiger partial charge in [0, 0.05) is 12.6 Å². The van der Waals surface area contributed by atoms with Gasteiger partial charge in [-0.25, -0.2) is 0 Å². The van der Waals surface area contributed by atoms with Crippen LogP contribution in [0, 0.1) is 0 Å². The van der Waals surface area contributed by atoms with Crippen molar-refractivity contribution in [3.05, 3.63) is 17.8 Å². The van der Waals surface area contributed by atoms with Crippen LogP contribution in [-0.2, 0) is 0 Å². The van der Waals surface area contributed by atoms with Gasteiger partial charge in [0.05, 0.1) is 0 Å². The lowest BCUT2D eigenvalue weighted by Gasteiger charge is -1.98. The van der Waals surface area contributed by atoms with Gasteiger partial charge < -0.3 is 5.73 Å². The zero-order chi connectivity index (χ0) is 8.43. The van der Waals surface area contributed by atoms with E-state index < -0.39 is 0 Å². The third kappa shape index (κ3) is 1.80. The molecule has 0 aliphatic rings. The molecule has 0 unspecified atom stereocenters. The molecule has 0 saturated heterocycles. The molecular formula is C7H9BN2O. The molecule has 1 heterocycles. The lowest BCUT2D eigenvalue weighted by Crippen LogP contribution is -2.13. The van der Waals surface area contributed by atoms with E-state index in [9.17, 15) is 4.79 Å². The lowest BCUT2D eigenvalue weighted by atomic mass is 10.0. The summed E-state index contributed by atoms with van der Waals surface area (Å²) in [4.78, 5) is 14.8. The largest absolute Gasteiger partial charge is 0.399 e. The van der Waals surface area contributed by atoms with Crippen molar-refractivity contribution in [1.82, 2.24) is 4.98 Å². The molecule has 0 fully saturated rings. The fraction of sp³-hybridized carbons (Fsp3) is 0.143. The van der Waals surface area contributed by atoms with E-state index in [-0.39, 0.29) is 5.78 Å². The van der Waals surface area contributed by atoms with E-state index in [1.807, 2.05) is 7.85 Å². The molecule has 3 nitrogen and oxygen atoms in total. The van der Waals surface area contributed by atoms with Crippen molar-refractivity contribution in [1.29, 1.82) is 0 Å². The Kier molecular flexibility index (Phi) is 1.94. The van der Waals surface area contributed by atoms with Crippen molar-refractivity contribution in [3.63, 3.8) is 0 Å². The minimum atomic E-state index is -0.0552.